The number of hydrogen-bond acceptors (Lipinski definition) is 5. The highest BCUT2D eigenvalue weighted by atomic mass is 19.1. The Morgan fingerprint density at radius 1 is 1.30 bits per heavy atom. The lowest BCUT2D eigenvalue weighted by atomic mass is 10.3. The molecule has 0 saturated carbocycles. The van der Waals surface area contributed by atoms with Crippen molar-refractivity contribution in [3.63, 3.8) is 0 Å². The Labute approximate surface area is 117 Å². The number of ether oxygens (including phenoxy) is 1. The summed E-state index contributed by atoms with van der Waals surface area (Å²) in [6.45, 7) is 2.88. The summed E-state index contributed by atoms with van der Waals surface area (Å²) in [5.74, 6) is 0.984. The Balaban J connectivity index is 2.13. The number of halogens is 1. The highest BCUT2D eigenvalue weighted by Gasteiger charge is 2.05. The summed E-state index contributed by atoms with van der Waals surface area (Å²) in [4.78, 5) is 8.44. The van der Waals surface area contributed by atoms with Gasteiger partial charge in [0.25, 0.3) is 0 Å². The molecule has 2 aromatic rings. The molecule has 106 valence electrons. The van der Waals surface area contributed by atoms with Crippen molar-refractivity contribution in [3.8, 4) is 5.75 Å². The molecule has 6 heteroatoms. The molecule has 0 unspecified atom stereocenters. The molecule has 0 atom stereocenters. The smallest absolute Gasteiger partial charge is 0.224 e. The minimum absolute atomic E-state index is 0.188. The molecule has 0 radical (unpaired) electrons. The number of methoxy groups -OCH3 is 1. The van der Waals surface area contributed by atoms with E-state index in [1.54, 1.807) is 24.4 Å². The van der Waals surface area contributed by atoms with Gasteiger partial charge in [0.2, 0.25) is 5.95 Å². The van der Waals surface area contributed by atoms with E-state index in [0.29, 0.717) is 17.5 Å². The zero-order valence-electron chi connectivity index (χ0n) is 11.5. The van der Waals surface area contributed by atoms with Crippen LogP contribution in [-0.4, -0.2) is 23.6 Å². The molecule has 2 rings (SSSR count). The van der Waals surface area contributed by atoms with Crippen molar-refractivity contribution in [2.24, 2.45) is 0 Å². The molecule has 0 aliphatic rings. The predicted molar refractivity (Wildman–Crippen MR) is 77.0 cm³/mol. The monoisotopic (exact) mass is 276 g/mol. The zero-order chi connectivity index (χ0) is 14.4. The van der Waals surface area contributed by atoms with Gasteiger partial charge in [0.15, 0.2) is 11.6 Å². The lowest BCUT2D eigenvalue weighted by Gasteiger charge is -2.09. The van der Waals surface area contributed by atoms with Crippen molar-refractivity contribution in [2.75, 3.05) is 24.3 Å². The van der Waals surface area contributed by atoms with Crippen molar-refractivity contribution in [1.29, 1.82) is 0 Å². The Hall–Kier alpha value is -2.37. The van der Waals surface area contributed by atoms with Crippen molar-refractivity contribution in [3.05, 3.63) is 36.3 Å². The number of anilines is 3. The van der Waals surface area contributed by atoms with Crippen molar-refractivity contribution < 1.29 is 9.13 Å². The molecule has 0 fully saturated rings. The van der Waals surface area contributed by atoms with E-state index < -0.39 is 5.82 Å². The molecular weight excluding hydrogens is 259 g/mol. The van der Waals surface area contributed by atoms with Crippen LogP contribution in [0.1, 0.15) is 13.3 Å². The minimum Gasteiger partial charge on any atom is -0.494 e. The molecule has 20 heavy (non-hydrogen) atoms. The summed E-state index contributed by atoms with van der Waals surface area (Å²) in [6, 6.07) is 6.29. The third-order valence-electron chi connectivity index (χ3n) is 2.61. The largest absolute Gasteiger partial charge is 0.494 e. The Morgan fingerprint density at radius 3 is 2.90 bits per heavy atom. The number of benzene rings is 1. The number of nitrogens with one attached hydrogen (secondary N) is 2. The van der Waals surface area contributed by atoms with Crippen molar-refractivity contribution in [2.45, 2.75) is 13.3 Å². The molecule has 1 heterocycles. The van der Waals surface area contributed by atoms with Crippen LogP contribution >= 0.6 is 0 Å². The second-order valence-electron chi connectivity index (χ2n) is 4.17. The molecule has 0 aliphatic heterocycles. The van der Waals surface area contributed by atoms with Crippen molar-refractivity contribution >= 4 is 17.5 Å². The van der Waals surface area contributed by atoms with E-state index in [1.165, 1.54) is 13.2 Å². The van der Waals surface area contributed by atoms with Gasteiger partial charge < -0.3 is 15.4 Å². The fraction of sp³-hybridized carbons (Fsp3) is 0.286. The maximum Gasteiger partial charge on any atom is 0.224 e. The van der Waals surface area contributed by atoms with Gasteiger partial charge in [-0.15, -0.1) is 0 Å². The van der Waals surface area contributed by atoms with Gasteiger partial charge in [-0.1, -0.05) is 6.92 Å². The average Bonchev–Trinajstić information content (AvgIpc) is 2.47. The van der Waals surface area contributed by atoms with Gasteiger partial charge >= 0.3 is 0 Å². The number of nitrogens with zero attached hydrogens (tertiary/aromatic N) is 2. The zero-order valence-corrected chi connectivity index (χ0v) is 11.5. The van der Waals surface area contributed by atoms with Gasteiger partial charge in [-0.25, -0.2) is 9.37 Å². The van der Waals surface area contributed by atoms with Crippen LogP contribution in [0, 0.1) is 5.82 Å². The summed E-state index contributed by atoms with van der Waals surface area (Å²) in [5, 5.41) is 6.19. The fourth-order valence-corrected chi connectivity index (χ4v) is 1.64. The summed E-state index contributed by atoms with van der Waals surface area (Å²) < 4.78 is 18.3. The average molecular weight is 276 g/mol. The summed E-state index contributed by atoms with van der Waals surface area (Å²) in [5.41, 5.74) is 0.698. The Kier molecular flexibility index (Phi) is 4.70. The Bertz CT molecular complexity index is 577. The molecule has 0 amide bonds. The lowest BCUT2D eigenvalue weighted by Crippen LogP contribution is -2.05. The topological polar surface area (TPSA) is 59.1 Å². The van der Waals surface area contributed by atoms with Crippen LogP contribution in [-0.2, 0) is 0 Å². The second kappa shape index (κ2) is 6.70. The molecule has 0 saturated heterocycles. The summed E-state index contributed by atoms with van der Waals surface area (Å²) in [7, 11) is 1.43. The SMILES string of the molecule is CCCNc1nccc(Nc2ccc(F)c(OC)c2)n1. The first-order chi connectivity index (χ1) is 9.72. The summed E-state index contributed by atoms with van der Waals surface area (Å²) >= 11 is 0. The van der Waals surface area contributed by atoms with Crippen LogP contribution < -0.4 is 15.4 Å². The maximum absolute atomic E-state index is 13.3. The molecule has 0 aliphatic carbocycles. The van der Waals surface area contributed by atoms with Crippen LogP contribution in [0.4, 0.5) is 21.8 Å². The first-order valence-corrected chi connectivity index (χ1v) is 6.40. The molecule has 1 aromatic heterocycles. The maximum atomic E-state index is 13.3. The second-order valence-corrected chi connectivity index (χ2v) is 4.17. The molecule has 5 nitrogen and oxygen atoms in total. The van der Waals surface area contributed by atoms with E-state index >= 15 is 0 Å². The first-order valence-electron chi connectivity index (χ1n) is 6.40. The normalized spacial score (nSPS) is 10.2. The number of hydrogen-bond donors (Lipinski definition) is 2. The number of aromatic nitrogens is 2. The highest BCUT2D eigenvalue weighted by Crippen LogP contribution is 2.23. The quantitative estimate of drug-likeness (QED) is 0.848. The third-order valence-corrected chi connectivity index (χ3v) is 2.61. The van der Waals surface area contributed by atoms with E-state index in [2.05, 4.69) is 27.5 Å². The standard InChI is InChI=1S/C14H17FN4O/c1-3-7-16-14-17-8-6-13(19-14)18-10-4-5-11(15)12(9-10)20-2/h4-6,8-9H,3,7H2,1-2H3,(H2,16,17,18,19). The van der Waals surface area contributed by atoms with Crippen LogP contribution in [0.5, 0.6) is 5.75 Å². The van der Waals surface area contributed by atoms with Crippen LogP contribution in [0.2, 0.25) is 0 Å². The first kappa shape index (κ1) is 14.0. The van der Waals surface area contributed by atoms with Gasteiger partial charge in [0.1, 0.15) is 5.82 Å². The van der Waals surface area contributed by atoms with E-state index in [-0.39, 0.29) is 5.75 Å². The van der Waals surface area contributed by atoms with E-state index in [9.17, 15) is 4.39 Å². The molecule has 2 N–H and O–H groups in total. The Morgan fingerprint density at radius 2 is 2.15 bits per heavy atom. The van der Waals surface area contributed by atoms with Crippen LogP contribution in [0.25, 0.3) is 0 Å². The highest BCUT2D eigenvalue weighted by molar-refractivity contribution is 5.59. The van der Waals surface area contributed by atoms with Crippen molar-refractivity contribution in [1.82, 2.24) is 9.97 Å². The minimum atomic E-state index is -0.397. The van der Waals surface area contributed by atoms with Crippen LogP contribution in [0.3, 0.4) is 0 Å². The van der Waals surface area contributed by atoms with Crippen LogP contribution in [0.15, 0.2) is 30.5 Å². The number of rotatable bonds is 6. The van der Waals surface area contributed by atoms with E-state index in [4.69, 9.17) is 4.74 Å². The molecule has 0 spiro atoms. The van der Waals surface area contributed by atoms with Gasteiger partial charge in [-0.3, -0.25) is 0 Å². The molecular formula is C14H17FN4O. The molecule has 1 aromatic carbocycles. The van der Waals surface area contributed by atoms with E-state index in [1.807, 2.05) is 0 Å². The predicted octanol–water partition coefficient (Wildman–Crippen LogP) is 3.19. The van der Waals surface area contributed by atoms with Gasteiger partial charge in [0.05, 0.1) is 7.11 Å². The molecule has 0 bridgehead atoms. The van der Waals surface area contributed by atoms with Gasteiger partial charge in [-0.2, -0.15) is 4.98 Å². The fourth-order valence-electron chi connectivity index (χ4n) is 1.64. The van der Waals surface area contributed by atoms with E-state index in [0.717, 1.165) is 13.0 Å². The van der Waals surface area contributed by atoms with Gasteiger partial charge in [0, 0.05) is 24.5 Å². The third kappa shape index (κ3) is 3.57. The summed E-state index contributed by atoms with van der Waals surface area (Å²) in [6.07, 6.45) is 2.66. The lowest BCUT2D eigenvalue weighted by molar-refractivity contribution is 0.387. The van der Waals surface area contributed by atoms with Gasteiger partial charge in [-0.05, 0) is 24.6 Å².